The first-order valence-electron chi connectivity index (χ1n) is 7.59. The minimum Gasteiger partial charge on any atom is -0.339 e. The number of hydrogen-bond acceptors (Lipinski definition) is 4. The molecule has 22 heavy (non-hydrogen) atoms. The molecule has 2 aromatic rings. The summed E-state index contributed by atoms with van der Waals surface area (Å²) in [5, 5.41) is 4.07. The van der Waals surface area contributed by atoms with E-state index in [1.807, 2.05) is 29.2 Å². The Labute approximate surface area is 136 Å². The van der Waals surface area contributed by atoms with Gasteiger partial charge in [0.2, 0.25) is 5.89 Å². The van der Waals surface area contributed by atoms with Crippen molar-refractivity contribution in [3.63, 3.8) is 0 Å². The van der Waals surface area contributed by atoms with Crippen molar-refractivity contribution in [3.8, 4) is 0 Å². The molecule has 0 unspecified atom stereocenters. The van der Waals surface area contributed by atoms with Crippen molar-refractivity contribution in [2.75, 3.05) is 13.1 Å². The van der Waals surface area contributed by atoms with Gasteiger partial charge in [0.1, 0.15) is 0 Å². The molecule has 0 spiro atoms. The zero-order valence-electron chi connectivity index (χ0n) is 12.0. The van der Waals surface area contributed by atoms with Gasteiger partial charge < -0.3 is 9.42 Å². The molecule has 1 aliphatic carbocycles. The number of likely N-dealkylation sites (tertiary alicyclic amines) is 1. The molecule has 6 heteroatoms. The van der Waals surface area contributed by atoms with Crippen molar-refractivity contribution in [2.45, 2.75) is 31.1 Å². The lowest BCUT2D eigenvalue weighted by atomic mass is 10.1. The molecule has 1 saturated heterocycles. The Balaban J connectivity index is 1.46. The van der Waals surface area contributed by atoms with Crippen LogP contribution in [0.5, 0.6) is 0 Å². The number of rotatable bonds is 3. The molecule has 1 aliphatic heterocycles. The first-order valence-corrected chi connectivity index (χ1v) is 8.38. The number of aromatic nitrogens is 2. The fraction of sp³-hybridized carbons (Fsp3) is 0.438. The Hall–Kier alpha value is -1.69. The molecule has 2 aliphatic rings. The molecule has 2 fully saturated rings. The van der Waals surface area contributed by atoms with Crippen LogP contribution in [-0.4, -0.2) is 34.0 Å². The van der Waals surface area contributed by atoms with Gasteiger partial charge in [-0.15, -0.1) is 0 Å². The van der Waals surface area contributed by atoms with E-state index in [1.165, 1.54) is 0 Å². The average Bonchev–Trinajstić information content (AvgIpc) is 3.06. The summed E-state index contributed by atoms with van der Waals surface area (Å²) in [5.41, 5.74) is 0.708. The summed E-state index contributed by atoms with van der Waals surface area (Å²) in [4.78, 5) is 18.9. The van der Waals surface area contributed by atoms with Gasteiger partial charge in [0.05, 0.1) is 5.92 Å². The van der Waals surface area contributed by atoms with Gasteiger partial charge in [-0.25, -0.2) is 0 Å². The van der Waals surface area contributed by atoms with Crippen molar-refractivity contribution < 1.29 is 9.32 Å². The summed E-state index contributed by atoms with van der Waals surface area (Å²) >= 11 is 3.41. The fourth-order valence-electron chi connectivity index (χ4n) is 2.87. The lowest BCUT2D eigenvalue weighted by Gasteiger charge is -2.15. The summed E-state index contributed by atoms with van der Waals surface area (Å²) < 4.78 is 6.31. The zero-order valence-corrected chi connectivity index (χ0v) is 13.6. The van der Waals surface area contributed by atoms with E-state index in [2.05, 4.69) is 26.1 Å². The molecule has 2 heterocycles. The highest BCUT2D eigenvalue weighted by Gasteiger charge is 2.34. The van der Waals surface area contributed by atoms with E-state index >= 15 is 0 Å². The number of nitrogens with zero attached hydrogens (tertiary/aromatic N) is 3. The largest absolute Gasteiger partial charge is 0.339 e. The van der Waals surface area contributed by atoms with Gasteiger partial charge in [0.15, 0.2) is 5.82 Å². The summed E-state index contributed by atoms with van der Waals surface area (Å²) in [7, 11) is 0. The van der Waals surface area contributed by atoms with Crippen LogP contribution in [0.25, 0.3) is 0 Å². The Morgan fingerprint density at radius 1 is 1.27 bits per heavy atom. The quantitative estimate of drug-likeness (QED) is 0.840. The maximum atomic E-state index is 12.5. The van der Waals surface area contributed by atoms with Crippen LogP contribution >= 0.6 is 15.9 Å². The van der Waals surface area contributed by atoms with Gasteiger partial charge in [-0.2, -0.15) is 4.98 Å². The second-order valence-electron chi connectivity index (χ2n) is 6.01. The summed E-state index contributed by atoms with van der Waals surface area (Å²) in [6.45, 7) is 1.38. The molecule has 1 aromatic heterocycles. The minimum atomic E-state index is 0.0609. The normalized spacial score (nSPS) is 21.3. The van der Waals surface area contributed by atoms with Gasteiger partial charge in [-0.3, -0.25) is 4.79 Å². The zero-order chi connectivity index (χ0) is 15.1. The van der Waals surface area contributed by atoms with E-state index in [-0.39, 0.29) is 11.8 Å². The molecule has 0 bridgehead atoms. The van der Waals surface area contributed by atoms with Crippen molar-refractivity contribution in [1.82, 2.24) is 15.0 Å². The number of amides is 1. The Kier molecular flexibility index (Phi) is 3.48. The van der Waals surface area contributed by atoms with Crippen LogP contribution in [0.3, 0.4) is 0 Å². The Bertz CT molecular complexity index is 711. The van der Waals surface area contributed by atoms with Crippen molar-refractivity contribution in [3.05, 3.63) is 46.0 Å². The van der Waals surface area contributed by atoms with E-state index < -0.39 is 0 Å². The van der Waals surface area contributed by atoms with Crippen molar-refractivity contribution in [2.24, 2.45) is 0 Å². The van der Waals surface area contributed by atoms with Crippen LogP contribution in [0.15, 0.2) is 33.3 Å². The molecule has 5 nitrogen and oxygen atoms in total. The third-order valence-corrected chi connectivity index (χ3v) is 4.79. The third kappa shape index (κ3) is 2.67. The number of carbonyl (C=O) groups is 1. The maximum absolute atomic E-state index is 12.5. The predicted molar refractivity (Wildman–Crippen MR) is 83.7 cm³/mol. The molecule has 1 atom stereocenters. The second-order valence-corrected chi connectivity index (χ2v) is 6.93. The van der Waals surface area contributed by atoms with E-state index in [1.54, 1.807) is 0 Å². The Morgan fingerprint density at radius 3 is 2.91 bits per heavy atom. The van der Waals surface area contributed by atoms with Crippen molar-refractivity contribution >= 4 is 21.8 Å². The second kappa shape index (κ2) is 5.50. The highest BCUT2D eigenvalue weighted by atomic mass is 79.9. The lowest BCUT2D eigenvalue weighted by molar-refractivity contribution is 0.0789. The third-order valence-electron chi connectivity index (χ3n) is 4.30. The molecule has 0 radical (unpaired) electrons. The average molecular weight is 362 g/mol. The van der Waals surface area contributed by atoms with E-state index in [4.69, 9.17) is 4.52 Å². The standard InChI is InChI=1S/C16H16BrN3O2/c17-13-3-1-2-11(8-13)16(21)20-7-6-12(9-20)15-18-14(19-22-15)10-4-5-10/h1-3,8,10,12H,4-7,9H2/t12-/m1/s1. The first kappa shape index (κ1) is 13.9. The molecule has 0 N–H and O–H groups in total. The number of benzene rings is 1. The molecule has 1 aromatic carbocycles. The lowest BCUT2D eigenvalue weighted by Crippen LogP contribution is -2.28. The number of carbonyl (C=O) groups excluding carboxylic acids is 1. The molecular weight excluding hydrogens is 346 g/mol. The van der Waals surface area contributed by atoms with Gasteiger partial charge in [-0.05, 0) is 37.5 Å². The smallest absolute Gasteiger partial charge is 0.253 e. The minimum absolute atomic E-state index is 0.0609. The molecule has 4 rings (SSSR count). The summed E-state index contributed by atoms with van der Waals surface area (Å²) in [5.74, 6) is 2.25. The fourth-order valence-corrected chi connectivity index (χ4v) is 3.27. The molecule has 1 saturated carbocycles. The molecule has 1 amide bonds. The molecule has 114 valence electrons. The van der Waals surface area contributed by atoms with Gasteiger partial charge in [-0.1, -0.05) is 27.2 Å². The highest BCUT2D eigenvalue weighted by Crippen LogP contribution is 2.39. The Morgan fingerprint density at radius 2 is 2.14 bits per heavy atom. The van der Waals surface area contributed by atoms with E-state index in [9.17, 15) is 4.79 Å². The van der Waals surface area contributed by atoms with Crippen molar-refractivity contribution in [1.29, 1.82) is 0 Å². The van der Waals surface area contributed by atoms with E-state index in [0.29, 0.717) is 23.9 Å². The van der Waals surface area contributed by atoms with E-state index in [0.717, 1.165) is 36.1 Å². The number of hydrogen-bond donors (Lipinski definition) is 0. The maximum Gasteiger partial charge on any atom is 0.253 e. The number of halogens is 1. The topological polar surface area (TPSA) is 59.2 Å². The summed E-state index contributed by atoms with van der Waals surface area (Å²) in [6.07, 6.45) is 3.21. The SMILES string of the molecule is O=C(c1cccc(Br)c1)N1CC[C@@H](c2nc(C3CC3)no2)C1. The van der Waals surface area contributed by atoms with Crippen LogP contribution in [0.1, 0.15) is 53.2 Å². The van der Waals surface area contributed by atoms with Crippen LogP contribution in [0.4, 0.5) is 0 Å². The summed E-state index contributed by atoms with van der Waals surface area (Å²) in [6, 6.07) is 7.50. The van der Waals surface area contributed by atoms with Crippen LogP contribution in [0.2, 0.25) is 0 Å². The first-order chi connectivity index (χ1) is 10.7. The molecular formula is C16H16BrN3O2. The van der Waals surface area contributed by atoms with Crippen LogP contribution < -0.4 is 0 Å². The van der Waals surface area contributed by atoms with Gasteiger partial charge in [0, 0.05) is 29.0 Å². The highest BCUT2D eigenvalue weighted by molar-refractivity contribution is 9.10. The van der Waals surface area contributed by atoms with Crippen LogP contribution in [0, 0.1) is 0 Å². The predicted octanol–water partition coefficient (Wildman–Crippen LogP) is 3.34. The van der Waals surface area contributed by atoms with Gasteiger partial charge >= 0.3 is 0 Å². The van der Waals surface area contributed by atoms with Gasteiger partial charge in [0.25, 0.3) is 5.91 Å². The monoisotopic (exact) mass is 361 g/mol. The van der Waals surface area contributed by atoms with Crippen LogP contribution in [-0.2, 0) is 0 Å².